The van der Waals surface area contributed by atoms with E-state index in [1.165, 1.54) is 6.07 Å². The molecule has 12 heteroatoms. The van der Waals surface area contributed by atoms with Crippen LogP contribution in [0.5, 0.6) is 0 Å². The Bertz CT molecular complexity index is 960. The first-order valence-corrected chi connectivity index (χ1v) is 9.23. The molecule has 0 aliphatic carbocycles. The maximum Gasteiger partial charge on any atom is 0.413 e. The second-order valence-electron chi connectivity index (χ2n) is 7.02. The lowest BCUT2D eigenvalue weighted by Gasteiger charge is -2.33. The maximum absolute atomic E-state index is 13.6. The summed E-state index contributed by atoms with van der Waals surface area (Å²) in [5.41, 5.74) is -0.649. The van der Waals surface area contributed by atoms with E-state index in [1.54, 1.807) is 0 Å². The van der Waals surface area contributed by atoms with Crippen LogP contribution in [0.4, 0.5) is 34.0 Å². The van der Waals surface area contributed by atoms with Crippen LogP contribution in [0.25, 0.3) is 11.4 Å². The van der Waals surface area contributed by atoms with E-state index in [1.807, 2.05) is 11.8 Å². The number of rotatable bonds is 4. The summed E-state index contributed by atoms with van der Waals surface area (Å²) in [7, 11) is 0. The number of nitrogens with one attached hydrogen (secondary N) is 2. The maximum atomic E-state index is 13.6. The lowest BCUT2D eigenvalue weighted by Crippen LogP contribution is -2.49. The van der Waals surface area contributed by atoms with Crippen LogP contribution in [-0.2, 0) is 4.74 Å². The van der Waals surface area contributed by atoms with Gasteiger partial charge in [0.25, 0.3) is 12.9 Å². The molecule has 2 aromatic rings. The fraction of sp³-hybridized carbons (Fsp3) is 0.444. The van der Waals surface area contributed by atoms with Gasteiger partial charge in [0.2, 0.25) is 0 Å². The molecule has 1 unspecified atom stereocenters. The summed E-state index contributed by atoms with van der Waals surface area (Å²) in [6.45, 7) is 3.69. The molecule has 2 aromatic heterocycles. The molecule has 0 bridgehead atoms. The summed E-state index contributed by atoms with van der Waals surface area (Å²) < 4.78 is 59.0. The van der Waals surface area contributed by atoms with Gasteiger partial charge >= 0.3 is 6.09 Å². The number of pyridine rings is 1. The molecule has 160 valence electrons. The number of nitrogens with zero attached hydrogens (tertiary/aromatic N) is 4. The van der Waals surface area contributed by atoms with E-state index in [0.29, 0.717) is 19.6 Å². The number of alkyl halides is 4. The van der Waals surface area contributed by atoms with Crippen LogP contribution in [-0.4, -0.2) is 53.1 Å². The van der Waals surface area contributed by atoms with Crippen molar-refractivity contribution in [2.75, 3.05) is 29.9 Å². The first kappa shape index (κ1) is 20.3. The number of ether oxygens (including phenoxy) is 1. The summed E-state index contributed by atoms with van der Waals surface area (Å²) in [5.74, 6) is 0.126. The van der Waals surface area contributed by atoms with Crippen LogP contribution in [0.1, 0.15) is 30.6 Å². The fourth-order valence-electron chi connectivity index (χ4n) is 3.53. The minimum Gasteiger partial charge on any atom is -0.435 e. The Morgan fingerprint density at radius 3 is 2.73 bits per heavy atom. The fourth-order valence-corrected chi connectivity index (χ4v) is 3.53. The molecular weight excluding hydrogens is 408 g/mol. The highest BCUT2D eigenvalue weighted by Crippen LogP contribution is 2.39. The smallest absolute Gasteiger partial charge is 0.413 e. The molecule has 2 aliphatic heterocycles. The Morgan fingerprint density at radius 1 is 1.23 bits per heavy atom. The first-order chi connectivity index (χ1) is 14.3. The molecule has 4 rings (SSSR count). The predicted octanol–water partition coefficient (Wildman–Crippen LogP) is 3.14. The second-order valence-corrected chi connectivity index (χ2v) is 7.02. The number of halogens is 4. The third-order valence-corrected chi connectivity index (χ3v) is 4.87. The molecule has 1 fully saturated rings. The molecule has 2 atom stereocenters. The van der Waals surface area contributed by atoms with E-state index in [-0.39, 0.29) is 40.2 Å². The highest BCUT2D eigenvalue weighted by Gasteiger charge is 2.38. The van der Waals surface area contributed by atoms with Gasteiger partial charge in [0.05, 0.1) is 11.3 Å². The van der Waals surface area contributed by atoms with Crippen LogP contribution < -0.4 is 15.5 Å². The van der Waals surface area contributed by atoms with Crippen molar-refractivity contribution in [1.82, 2.24) is 20.3 Å². The molecule has 0 spiro atoms. The molecule has 1 amide bonds. The van der Waals surface area contributed by atoms with Crippen molar-refractivity contribution in [2.45, 2.75) is 31.9 Å². The van der Waals surface area contributed by atoms with E-state index < -0.39 is 25.0 Å². The molecule has 4 heterocycles. The standard InChI is InChI=1S/C18H18F4N6O2/c1-8-6-28(3-2-23-8)11-5-9(15(19)20)4-10(26-11)13-12-14(16(21)22)30-18(29)27-17(12)25-7-24-13/h4-5,7-8,14-16,23H,2-3,6H2,1H3,(H,24,25,27,29)/t8-,14?/m0/s1. The van der Waals surface area contributed by atoms with Crippen molar-refractivity contribution < 1.29 is 27.1 Å². The van der Waals surface area contributed by atoms with Gasteiger partial charge in [0.15, 0.2) is 6.10 Å². The van der Waals surface area contributed by atoms with Crippen molar-refractivity contribution in [1.29, 1.82) is 0 Å². The summed E-state index contributed by atoms with van der Waals surface area (Å²) in [4.78, 5) is 25.7. The lowest BCUT2D eigenvalue weighted by atomic mass is 10.0. The van der Waals surface area contributed by atoms with Crippen molar-refractivity contribution in [3.8, 4) is 11.4 Å². The Morgan fingerprint density at radius 2 is 2.03 bits per heavy atom. The second kappa shape index (κ2) is 8.01. The van der Waals surface area contributed by atoms with Gasteiger partial charge in [-0.1, -0.05) is 0 Å². The van der Waals surface area contributed by atoms with Crippen molar-refractivity contribution >= 4 is 17.7 Å². The summed E-state index contributed by atoms with van der Waals surface area (Å²) in [5, 5.41) is 5.49. The van der Waals surface area contributed by atoms with Crippen molar-refractivity contribution in [3.05, 3.63) is 29.6 Å². The monoisotopic (exact) mass is 426 g/mol. The number of hydrogen-bond acceptors (Lipinski definition) is 7. The number of piperazine rings is 1. The summed E-state index contributed by atoms with van der Waals surface area (Å²) in [6.07, 6.45) is -7.84. The minimum absolute atomic E-state index is 0.0296. The zero-order valence-electron chi connectivity index (χ0n) is 15.8. The SMILES string of the molecule is C[C@H]1CN(c2cc(C(F)F)cc(-c3ncnc4c3C(C(F)F)OC(=O)N4)n2)CCN1. The van der Waals surface area contributed by atoms with Crippen molar-refractivity contribution in [2.24, 2.45) is 0 Å². The number of fused-ring (bicyclic) bond motifs is 1. The van der Waals surface area contributed by atoms with E-state index in [4.69, 9.17) is 4.74 Å². The van der Waals surface area contributed by atoms with Gasteiger partial charge in [-0.2, -0.15) is 0 Å². The van der Waals surface area contributed by atoms with E-state index in [2.05, 4.69) is 25.6 Å². The number of hydrogen-bond donors (Lipinski definition) is 2. The van der Waals surface area contributed by atoms with Crippen LogP contribution in [0.2, 0.25) is 0 Å². The molecular formula is C18H18F4N6O2. The Hall–Kier alpha value is -3.02. The van der Waals surface area contributed by atoms with Gasteiger partial charge in [0, 0.05) is 31.2 Å². The Balaban J connectivity index is 1.85. The molecule has 30 heavy (non-hydrogen) atoms. The average Bonchev–Trinajstić information content (AvgIpc) is 2.72. The van der Waals surface area contributed by atoms with Crippen LogP contribution in [0, 0.1) is 0 Å². The number of cyclic esters (lactones) is 1. The van der Waals surface area contributed by atoms with Gasteiger partial charge < -0.3 is 15.0 Å². The zero-order chi connectivity index (χ0) is 21.4. The van der Waals surface area contributed by atoms with Crippen LogP contribution in [0.15, 0.2) is 18.5 Å². The third-order valence-electron chi connectivity index (χ3n) is 4.87. The van der Waals surface area contributed by atoms with Gasteiger partial charge in [-0.3, -0.25) is 5.32 Å². The van der Waals surface area contributed by atoms with E-state index >= 15 is 0 Å². The first-order valence-electron chi connectivity index (χ1n) is 9.23. The largest absolute Gasteiger partial charge is 0.435 e. The summed E-state index contributed by atoms with van der Waals surface area (Å²) >= 11 is 0. The molecule has 0 radical (unpaired) electrons. The number of amides is 1. The number of anilines is 2. The molecule has 8 nitrogen and oxygen atoms in total. The van der Waals surface area contributed by atoms with E-state index in [0.717, 1.165) is 12.4 Å². The van der Waals surface area contributed by atoms with Crippen LogP contribution in [0.3, 0.4) is 0 Å². The predicted molar refractivity (Wildman–Crippen MR) is 98.7 cm³/mol. The quantitative estimate of drug-likeness (QED) is 0.726. The molecule has 0 saturated carbocycles. The number of carbonyl (C=O) groups is 1. The Kier molecular flexibility index (Phi) is 5.41. The van der Waals surface area contributed by atoms with E-state index in [9.17, 15) is 22.4 Å². The Labute approximate surface area is 168 Å². The van der Waals surface area contributed by atoms with Crippen LogP contribution >= 0.6 is 0 Å². The van der Waals surface area contributed by atoms with Gasteiger partial charge in [-0.05, 0) is 19.1 Å². The highest BCUT2D eigenvalue weighted by atomic mass is 19.3. The summed E-state index contributed by atoms with van der Waals surface area (Å²) in [6, 6.07) is 2.50. The number of aromatic nitrogens is 3. The average molecular weight is 426 g/mol. The molecule has 1 saturated heterocycles. The van der Waals surface area contributed by atoms with Gasteiger partial charge in [-0.25, -0.2) is 37.3 Å². The zero-order valence-corrected chi connectivity index (χ0v) is 15.8. The van der Waals surface area contributed by atoms with Crippen molar-refractivity contribution in [3.63, 3.8) is 0 Å². The molecule has 2 aliphatic rings. The highest BCUT2D eigenvalue weighted by molar-refractivity contribution is 5.88. The molecule has 2 N–H and O–H groups in total. The normalized spacial score (nSPS) is 21.4. The third kappa shape index (κ3) is 3.86. The minimum atomic E-state index is -3.06. The van der Waals surface area contributed by atoms with Gasteiger partial charge in [-0.15, -0.1) is 0 Å². The molecule has 0 aromatic carbocycles. The lowest BCUT2D eigenvalue weighted by molar-refractivity contribution is -0.0170. The van der Waals surface area contributed by atoms with Gasteiger partial charge in [0.1, 0.15) is 23.7 Å². The topological polar surface area (TPSA) is 92.3 Å². The number of carbonyl (C=O) groups excluding carboxylic acids is 1.